The summed E-state index contributed by atoms with van der Waals surface area (Å²) < 4.78 is 0. The third kappa shape index (κ3) is 3.66. The van der Waals surface area contributed by atoms with E-state index in [2.05, 4.69) is 0 Å². The van der Waals surface area contributed by atoms with Gasteiger partial charge in [-0.3, -0.25) is 4.79 Å². The average molecular weight is 295 g/mol. The normalized spacial score (nSPS) is 26.1. The zero-order valence-electron chi connectivity index (χ0n) is 13.5. The second-order valence-electron chi connectivity index (χ2n) is 6.88. The molecule has 21 heavy (non-hydrogen) atoms. The van der Waals surface area contributed by atoms with Gasteiger partial charge in [-0.1, -0.05) is 27.7 Å². The molecule has 1 saturated heterocycles. The highest BCUT2D eigenvalue weighted by Crippen LogP contribution is 2.37. The fourth-order valence-electron chi connectivity index (χ4n) is 3.30. The molecule has 0 bridgehead atoms. The Kier molecular flexibility index (Phi) is 5.21. The number of carbonyl (C=O) groups excluding carboxylic acids is 1. The fraction of sp³-hybridized carbons (Fsp3) is 0.800. The van der Waals surface area contributed by atoms with Crippen LogP contribution in [0.1, 0.15) is 40.5 Å². The quantitative estimate of drug-likeness (QED) is 0.846. The Bertz CT molecular complexity index is 450. The van der Waals surface area contributed by atoms with Crippen molar-refractivity contribution in [2.24, 2.45) is 11.3 Å². The lowest BCUT2D eigenvalue weighted by Crippen LogP contribution is -2.64. The van der Waals surface area contributed by atoms with Gasteiger partial charge in [-0.05, 0) is 17.8 Å². The number of likely N-dealkylation sites (N-methyl/N-ethyl adjacent to an activating group) is 1. The SMILES string of the molecule is C[C@@H]1CCN(C(=O)CC#N)C(C(C)(C)C)[C@@H]1N(C)C(=O)O. The van der Waals surface area contributed by atoms with Crippen molar-refractivity contribution in [1.82, 2.24) is 9.80 Å². The van der Waals surface area contributed by atoms with Crippen molar-refractivity contribution in [1.29, 1.82) is 5.26 Å². The smallest absolute Gasteiger partial charge is 0.407 e. The van der Waals surface area contributed by atoms with Crippen LogP contribution in [0.3, 0.4) is 0 Å². The molecule has 0 aromatic rings. The maximum atomic E-state index is 12.2. The van der Waals surface area contributed by atoms with E-state index < -0.39 is 6.09 Å². The lowest BCUT2D eigenvalue weighted by molar-refractivity contribution is -0.141. The monoisotopic (exact) mass is 295 g/mol. The van der Waals surface area contributed by atoms with Crippen LogP contribution in [-0.4, -0.2) is 52.6 Å². The van der Waals surface area contributed by atoms with E-state index in [0.717, 1.165) is 6.42 Å². The minimum Gasteiger partial charge on any atom is -0.465 e. The Morgan fingerprint density at radius 2 is 2.00 bits per heavy atom. The summed E-state index contributed by atoms with van der Waals surface area (Å²) in [6, 6.07) is 1.40. The van der Waals surface area contributed by atoms with Gasteiger partial charge in [-0.2, -0.15) is 5.26 Å². The van der Waals surface area contributed by atoms with Crippen molar-refractivity contribution in [3.05, 3.63) is 0 Å². The van der Waals surface area contributed by atoms with E-state index in [1.165, 1.54) is 4.90 Å². The molecular formula is C15H25N3O3. The molecule has 118 valence electrons. The molecule has 0 spiro atoms. The molecule has 1 fully saturated rings. The van der Waals surface area contributed by atoms with Crippen LogP contribution in [0.5, 0.6) is 0 Å². The summed E-state index contributed by atoms with van der Waals surface area (Å²) in [7, 11) is 1.56. The number of hydrogen-bond acceptors (Lipinski definition) is 3. The molecule has 2 amide bonds. The van der Waals surface area contributed by atoms with Crippen LogP contribution in [0.25, 0.3) is 0 Å². The van der Waals surface area contributed by atoms with Crippen LogP contribution < -0.4 is 0 Å². The Balaban J connectivity index is 3.21. The number of carboxylic acid groups (broad SMARTS) is 1. The summed E-state index contributed by atoms with van der Waals surface area (Å²) >= 11 is 0. The predicted molar refractivity (Wildman–Crippen MR) is 78.5 cm³/mol. The van der Waals surface area contributed by atoms with Crippen molar-refractivity contribution < 1.29 is 14.7 Å². The first-order valence-corrected chi connectivity index (χ1v) is 7.23. The van der Waals surface area contributed by atoms with Gasteiger partial charge in [0.05, 0.1) is 18.2 Å². The molecule has 1 aliphatic rings. The van der Waals surface area contributed by atoms with E-state index in [0.29, 0.717) is 6.54 Å². The molecule has 6 heteroatoms. The van der Waals surface area contributed by atoms with Crippen molar-refractivity contribution in [2.45, 2.75) is 52.6 Å². The average Bonchev–Trinajstić information content (AvgIpc) is 2.36. The lowest BCUT2D eigenvalue weighted by Gasteiger charge is -2.52. The van der Waals surface area contributed by atoms with Gasteiger partial charge in [0.15, 0.2) is 0 Å². The highest BCUT2D eigenvalue weighted by atomic mass is 16.4. The zero-order chi connectivity index (χ0) is 16.4. The number of rotatable bonds is 2. The van der Waals surface area contributed by atoms with E-state index in [4.69, 9.17) is 5.26 Å². The lowest BCUT2D eigenvalue weighted by atomic mass is 9.73. The number of nitriles is 1. The van der Waals surface area contributed by atoms with E-state index in [1.54, 1.807) is 11.9 Å². The van der Waals surface area contributed by atoms with Gasteiger partial charge in [0.2, 0.25) is 5.91 Å². The van der Waals surface area contributed by atoms with Gasteiger partial charge < -0.3 is 14.9 Å². The molecule has 0 aromatic carbocycles. The molecule has 0 saturated carbocycles. The number of carbonyl (C=O) groups is 2. The third-order valence-electron chi connectivity index (χ3n) is 4.25. The second kappa shape index (κ2) is 6.33. The number of hydrogen-bond donors (Lipinski definition) is 1. The Hall–Kier alpha value is -1.77. The summed E-state index contributed by atoms with van der Waals surface area (Å²) in [4.78, 5) is 26.6. The van der Waals surface area contributed by atoms with Crippen molar-refractivity contribution >= 4 is 12.0 Å². The van der Waals surface area contributed by atoms with Gasteiger partial charge in [-0.15, -0.1) is 0 Å². The molecule has 1 aliphatic heterocycles. The van der Waals surface area contributed by atoms with Crippen LogP contribution >= 0.6 is 0 Å². The number of piperidine rings is 1. The van der Waals surface area contributed by atoms with Gasteiger partial charge >= 0.3 is 6.09 Å². The number of nitrogens with zero attached hydrogens (tertiary/aromatic N) is 3. The minimum absolute atomic E-state index is 0.162. The predicted octanol–water partition coefficient (Wildman–Crippen LogP) is 2.16. The van der Waals surface area contributed by atoms with Crippen LogP contribution in [0.2, 0.25) is 0 Å². The van der Waals surface area contributed by atoms with E-state index in [9.17, 15) is 14.7 Å². The Labute approximate surface area is 126 Å². The largest absolute Gasteiger partial charge is 0.465 e. The van der Waals surface area contributed by atoms with Crippen molar-refractivity contribution in [2.75, 3.05) is 13.6 Å². The van der Waals surface area contributed by atoms with Gasteiger partial charge in [0.1, 0.15) is 6.42 Å². The van der Waals surface area contributed by atoms with E-state index >= 15 is 0 Å². The molecule has 1 heterocycles. The number of likely N-dealkylation sites (tertiary alicyclic amines) is 1. The van der Waals surface area contributed by atoms with Crippen LogP contribution in [-0.2, 0) is 4.79 Å². The molecule has 0 aliphatic carbocycles. The fourth-order valence-corrected chi connectivity index (χ4v) is 3.30. The first kappa shape index (κ1) is 17.3. The van der Waals surface area contributed by atoms with Crippen molar-refractivity contribution in [3.8, 4) is 6.07 Å². The number of amides is 2. The molecule has 1 rings (SSSR count). The van der Waals surface area contributed by atoms with Gasteiger partial charge in [0.25, 0.3) is 0 Å². The molecule has 0 aromatic heterocycles. The molecule has 1 unspecified atom stereocenters. The summed E-state index contributed by atoms with van der Waals surface area (Å²) in [5.41, 5.74) is -0.270. The second-order valence-corrected chi connectivity index (χ2v) is 6.88. The molecule has 0 radical (unpaired) electrons. The molecule has 3 atom stereocenters. The summed E-state index contributed by atoms with van der Waals surface area (Å²) in [5.74, 6) is -0.0467. The Morgan fingerprint density at radius 3 is 2.43 bits per heavy atom. The Morgan fingerprint density at radius 1 is 1.43 bits per heavy atom. The first-order valence-electron chi connectivity index (χ1n) is 7.23. The maximum Gasteiger partial charge on any atom is 0.407 e. The summed E-state index contributed by atoms with van der Waals surface area (Å²) in [6.07, 6.45) is -0.410. The van der Waals surface area contributed by atoms with Gasteiger partial charge in [0, 0.05) is 13.6 Å². The zero-order valence-corrected chi connectivity index (χ0v) is 13.5. The first-order chi connectivity index (χ1) is 9.61. The van der Waals surface area contributed by atoms with Crippen LogP contribution in [0.4, 0.5) is 4.79 Å². The minimum atomic E-state index is -0.990. The van der Waals surface area contributed by atoms with E-state index in [-0.39, 0.29) is 35.7 Å². The third-order valence-corrected chi connectivity index (χ3v) is 4.25. The van der Waals surface area contributed by atoms with Gasteiger partial charge in [-0.25, -0.2) is 4.79 Å². The topological polar surface area (TPSA) is 84.6 Å². The van der Waals surface area contributed by atoms with Crippen LogP contribution in [0.15, 0.2) is 0 Å². The molecule has 1 N–H and O–H groups in total. The highest BCUT2D eigenvalue weighted by molar-refractivity contribution is 5.79. The molecular weight excluding hydrogens is 270 g/mol. The van der Waals surface area contributed by atoms with Crippen LogP contribution in [0, 0.1) is 22.7 Å². The highest BCUT2D eigenvalue weighted by Gasteiger charge is 2.47. The summed E-state index contributed by atoms with van der Waals surface area (Å²) in [5, 5.41) is 18.1. The standard InChI is InChI=1S/C15H25N3O3/c1-10-7-9-18(11(19)6-8-16)13(15(2,3)4)12(10)17(5)14(20)21/h10,12-13H,6-7,9H2,1-5H3,(H,20,21)/t10-,12-,13?/m1/s1. The molecule has 6 nitrogen and oxygen atoms in total. The summed E-state index contributed by atoms with van der Waals surface area (Å²) in [6.45, 7) is 8.61. The van der Waals surface area contributed by atoms with Crippen molar-refractivity contribution in [3.63, 3.8) is 0 Å². The maximum absolute atomic E-state index is 12.2. The van der Waals surface area contributed by atoms with E-state index in [1.807, 2.05) is 33.8 Å².